The van der Waals surface area contributed by atoms with Gasteiger partial charge in [-0.1, -0.05) is 26.0 Å². The third kappa shape index (κ3) is 3.07. The summed E-state index contributed by atoms with van der Waals surface area (Å²) < 4.78 is 1.62. The number of non-ortho nitro benzene ring substituents is 1. The molecule has 0 radical (unpaired) electrons. The molecule has 0 spiro atoms. The van der Waals surface area contributed by atoms with Crippen molar-refractivity contribution in [2.45, 2.75) is 26.8 Å². The van der Waals surface area contributed by atoms with E-state index < -0.39 is 4.92 Å². The van der Waals surface area contributed by atoms with Crippen LogP contribution in [0.15, 0.2) is 40.8 Å². The molecule has 0 saturated carbocycles. The van der Waals surface area contributed by atoms with Crippen molar-refractivity contribution >= 4 is 27.2 Å². The lowest BCUT2D eigenvalue weighted by Gasteiger charge is -2.08. The second kappa shape index (κ2) is 6.52. The number of nitrogens with zero attached hydrogens (tertiary/aromatic N) is 3. The molecule has 0 atom stereocenters. The Morgan fingerprint density at radius 3 is 2.88 bits per heavy atom. The van der Waals surface area contributed by atoms with Gasteiger partial charge in [0.05, 0.1) is 16.6 Å². The van der Waals surface area contributed by atoms with Gasteiger partial charge >= 0.3 is 0 Å². The molecule has 0 aliphatic carbocycles. The maximum Gasteiger partial charge on any atom is 0.270 e. The van der Waals surface area contributed by atoms with Gasteiger partial charge in [-0.05, 0) is 17.9 Å². The molecule has 24 heavy (non-hydrogen) atoms. The van der Waals surface area contributed by atoms with E-state index in [1.165, 1.54) is 23.5 Å². The molecule has 2 aromatic heterocycles. The van der Waals surface area contributed by atoms with Crippen molar-refractivity contribution in [3.8, 4) is 11.1 Å². The molecule has 124 valence electrons. The quantitative estimate of drug-likeness (QED) is 0.516. The molecular formula is C17H17N3O3S. The predicted molar refractivity (Wildman–Crippen MR) is 95.4 cm³/mol. The summed E-state index contributed by atoms with van der Waals surface area (Å²) in [6.45, 7) is 4.83. The van der Waals surface area contributed by atoms with Crippen LogP contribution in [0.25, 0.3) is 21.3 Å². The molecule has 3 aromatic rings. The van der Waals surface area contributed by atoms with Crippen molar-refractivity contribution in [3.05, 3.63) is 56.4 Å². The average molecular weight is 343 g/mol. The van der Waals surface area contributed by atoms with Crippen LogP contribution in [-0.4, -0.2) is 14.5 Å². The van der Waals surface area contributed by atoms with Crippen LogP contribution in [0, 0.1) is 16.0 Å². The SMILES string of the molecule is CC(C)CCn1cnc2scc(-c3cccc([N+](=O)[O-])c3)c2c1=O. The van der Waals surface area contributed by atoms with Crippen LogP contribution in [0.4, 0.5) is 5.69 Å². The summed E-state index contributed by atoms with van der Waals surface area (Å²) in [5, 5.41) is 13.4. The van der Waals surface area contributed by atoms with Gasteiger partial charge in [0.1, 0.15) is 4.83 Å². The molecular weight excluding hydrogens is 326 g/mol. The van der Waals surface area contributed by atoms with Crippen molar-refractivity contribution in [1.82, 2.24) is 9.55 Å². The van der Waals surface area contributed by atoms with Gasteiger partial charge in [-0.3, -0.25) is 19.5 Å². The van der Waals surface area contributed by atoms with Gasteiger partial charge < -0.3 is 0 Å². The Bertz CT molecular complexity index is 959. The van der Waals surface area contributed by atoms with E-state index in [2.05, 4.69) is 18.8 Å². The molecule has 0 fully saturated rings. The number of nitro benzene ring substituents is 1. The van der Waals surface area contributed by atoms with Gasteiger partial charge in [0.25, 0.3) is 11.2 Å². The number of hydrogen-bond donors (Lipinski definition) is 0. The largest absolute Gasteiger partial charge is 0.299 e. The maximum atomic E-state index is 12.8. The van der Waals surface area contributed by atoms with Gasteiger partial charge in [0.2, 0.25) is 0 Å². The smallest absolute Gasteiger partial charge is 0.270 e. The van der Waals surface area contributed by atoms with Crippen LogP contribution in [0.5, 0.6) is 0 Å². The first-order valence-corrected chi connectivity index (χ1v) is 8.57. The highest BCUT2D eigenvalue weighted by atomic mass is 32.1. The summed E-state index contributed by atoms with van der Waals surface area (Å²) in [7, 11) is 0. The number of thiophene rings is 1. The van der Waals surface area contributed by atoms with Crippen molar-refractivity contribution in [2.24, 2.45) is 5.92 Å². The van der Waals surface area contributed by atoms with Crippen molar-refractivity contribution in [2.75, 3.05) is 0 Å². The normalized spacial score (nSPS) is 11.3. The van der Waals surface area contributed by atoms with E-state index >= 15 is 0 Å². The fourth-order valence-electron chi connectivity index (χ4n) is 2.52. The van der Waals surface area contributed by atoms with E-state index in [0.29, 0.717) is 33.8 Å². The summed E-state index contributed by atoms with van der Waals surface area (Å²) in [6.07, 6.45) is 2.48. The van der Waals surface area contributed by atoms with Gasteiger partial charge in [0.15, 0.2) is 0 Å². The van der Waals surface area contributed by atoms with Crippen LogP contribution >= 0.6 is 11.3 Å². The van der Waals surface area contributed by atoms with Crippen molar-refractivity contribution in [3.63, 3.8) is 0 Å². The first-order chi connectivity index (χ1) is 11.5. The Hall–Kier alpha value is -2.54. The molecule has 7 heteroatoms. The maximum absolute atomic E-state index is 12.8. The zero-order valence-corrected chi connectivity index (χ0v) is 14.2. The summed E-state index contributed by atoms with van der Waals surface area (Å²) >= 11 is 1.38. The van der Waals surface area contributed by atoms with E-state index in [9.17, 15) is 14.9 Å². The number of hydrogen-bond acceptors (Lipinski definition) is 5. The fourth-order valence-corrected chi connectivity index (χ4v) is 3.43. The Morgan fingerprint density at radius 1 is 1.38 bits per heavy atom. The third-order valence-electron chi connectivity index (χ3n) is 3.88. The van der Waals surface area contributed by atoms with E-state index in [1.807, 2.05) is 5.38 Å². The van der Waals surface area contributed by atoms with Gasteiger partial charge in [0, 0.05) is 29.6 Å². The molecule has 6 nitrogen and oxygen atoms in total. The monoisotopic (exact) mass is 343 g/mol. The molecule has 0 amide bonds. The number of nitro groups is 1. The molecule has 3 rings (SSSR count). The lowest BCUT2D eigenvalue weighted by atomic mass is 10.1. The summed E-state index contributed by atoms with van der Waals surface area (Å²) in [5.41, 5.74) is 1.28. The lowest BCUT2D eigenvalue weighted by molar-refractivity contribution is -0.384. The second-order valence-corrected chi connectivity index (χ2v) is 6.92. The lowest BCUT2D eigenvalue weighted by Crippen LogP contribution is -2.21. The zero-order chi connectivity index (χ0) is 17.3. The predicted octanol–water partition coefficient (Wildman–Crippen LogP) is 4.08. The first kappa shape index (κ1) is 16.3. The third-order valence-corrected chi connectivity index (χ3v) is 4.76. The van der Waals surface area contributed by atoms with E-state index in [0.717, 1.165) is 6.42 Å². The highest BCUT2D eigenvalue weighted by Crippen LogP contribution is 2.32. The fraction of sp³-hybridized carbons (Fsp3) is 0.294. The topological polar surface area (TPSA) is 78.0 Å². The van der Waals surface area contributed by atoms with Crippen LogP contribution in [0.3, 0.4) is 0 Å². The Kier molecular flexibility index (Phi) is 4.44. The molecule has 0 saturated heterocycles. The number of aryl methyl sites for hydroxylation is 1. The molecule has 0 aliphatic rings. The van der Waals surface area contributed by atoms with Crippen molar-refractivity contribution < 1.29 is 4.92 Å². The van der Waals surface area contributed by atoms with Crippen LogP contribution in [-0.2, 0) is 6.54 Å². The minimum atomic E-state index is -0.433. The van der Waals surface area contributed by atoms with E-state index in [4.69, 9.17) is 0 Å². The molecule has 0 unspecified atom stereocenters. The summed E-state index contributed by atoms with van der Waals surface area (Å²) in [4.78, 5) is 28.4. The number of rotatable bonds is 5. The molecule has 2 heterocycles. The molecule has 0 N–H and O–H groups in total. The van der Waals surface area contributed by atoms with E-state index in [1.54, 1.807) is 23.0 Å². The first-order valence-electron chi connectivity index (χ1n) is 7.69. The van der Waals surface area contributed by atoms with Crippen LogP contribution in [0.2, 0.25) is 0 Å². The zero-order valence-electron chi connectivity index (χ0n) is 13.4. The molecule has 0 aliphatic heterocycles. The Balaban J connectivity index is 2.12. The number of benzene rings is 1. The van der Waals surface area contributed by atoms with Crippen LogP contribution in [0.1, 0.15) is 20.3 Å². The molecule has 1 aromatic carbocycles. The Labute approximate surface area is 142 Å². The van der Waals surface area contributed by atoms with Crippen molar-refractivity contribution in [1.29, 1.82) is 0 Å². The van der Waals surface area contributed by atoms with E-state index in [-0.39, 0.29) is 11.2 Å². The molecule has 0 bridgehead atoms. The average Bonchev–Trinajstić information content (AvgIpc) is 2.99. The standard InChI is InChI=1S/C17H17N3O3S/c1-11(2)6-7-19-10-18-16-15(17(19)21)14(9-24-16)12-4-3-5-13(8-12)20(22)23/h3-5,8-11H,6-7H2,1-2H3. The minimum Gasteiger partial charge on any atom is -0.299 e. The minimum absolute atomic E-state index is 0.0101. The highest BCUT2D eigenvalue weighted by Gasteiger charge is 2.15. The van der Waals surface area contributed by atoms with Gasteiger partial charge in [-0.2, -0.15) is 0 Å². The van der Waals surface area contributed by atoms with Gasteiger partial charge in [-0.15, -0.1) is 11.3 Å². The second-order valence-electron chi connectivity index (χ2n) is 6.06. The Morgan fingerprint density at radius 2 is 2.17 bits per heavy atom. The van der Waals surface area contributed by atoms with Crippen LogP contribution < -0.4 is 5.56 Å². The summed E-state index contributed by atoms with van der Waals surface area (Å²) in [5.74, 6) is 0.492. The highest BCUT2D eigenvalue weighted by molar-refractivity contribution is 7.17. The summed E-state index contributed by atoms with van der Waals surface area (Å²) in [6, 6.07) is 6.34. The van der Waals surface area contributed by atoms with Gasteiger partial charge in [-0.25, -0.2) is 4.98 Å². The number of fused-ring (bicyclic) bond motifs is 1. The number of aromatic nitrogens is 2.